The number of hydrogen-bond donors (Lipinski definition) is 0. The summed E-state index contributed by atoms with van der Waals surface area (Å²) in [6, 6.07) is 4.58. The molecule has 0 N–H and O–H groups in total. The number of rotatable bonds is 4. The lowest BCUT2D eigenvalue weighted by atomic mass is 9.86. The molecule has 0 spiro atoms. The second-order valence-corrected chi connectivity index (χ2v) is 8.44. The summed E-state index contributed by atoms with van der Waals surface area (Å²) in [6.07, 6.45) is 6.13. The molecule has 136 valence electrons. The maximum Gasteiger partial charge on any atom is 0.222 e. The average molecular weight is 365 g/mol. The predicted octanol–water partition coefficient (Wildman–Crippen LogP) is 3.95. The lowest BCUT2D eigenvalue weighted by Gasteiger charge is -2.36. The summed E-state index contributed by atoms with van der Waals surface area (Å²) in [5, 5.41) is 0.481. The van der Waals surface area contributed by atoms with Crippen LogP contribution < -0.4 is 0 Å². The number of hydrogen-bond acceptors (Lipinski definition) is 2. The van der Waals surface area contributed by atoms with Gasteiger partial charge in [-0.2, -0.15) is 0 Å². The van der Waals surface area contributed by atoms with Crippen molar-refractivity contribution in [3.05, 3.63) is 34.6 Å². The molecular formula is C20H26ClFN2O. The van der Waals surface area contributed by atoms with E-state index < -0.39 is 0 Å². The highest BCUT2D eigenvalue weighted by molar-refractivity contribution is 6.31. The SMILES string of the molecule is O=C(CC1CC2CCC1C2)N1CCN(Cc2ccc(F)cc2Cl)CC1. The monoisotopic (exact) mass is 364 g/mol. The van der Waals surface area contributed by atoms with Crippen molar-refractivity contribution in [3.63, 3.8) is 0 Å². The highest BCUT2D eigenvalue weighted by atomic mass is 35.5. The van der Waals surface area contributed by atoms with Crippen molar-refractivity contribution >= 4 is 17.5 Å². The van der Waals surface area contributed by atoms with Crippen molar-refractivity contribution in [1.82, 2.24) is 9.80 Å². The molecular weight excluding hydrogens is 339 g/mol. The molecule has 25 heavy (non-hydrogen) atoms. The Labute approximate surface area is 154 Å². The van der Waals surface area contributed by atoms with Gasteiger partial charge in [-0.3, -0.25) is 9.69 Å². The second-order valence-electron chi connectivity index (χ2n) is 8.03. The number of carbonyl (C=O) groups excluding carboxylic acids is 1. The van der Waals surface area contributed by atoms with Gasteiger partial charge in [-0.15, -0.1) is 0 Å². The van der Waals surface area contributed by atoms with Gasteiger partial charge in [0.2, 0.25) is 5.91 Å². The standard InChI is InChI=1S/C20H26ClFN2O/c21-19-12-18(22)4-3-16(19)13-23-5-7-24(8-6-23)20(25)11-17-10-14-1-2-15(17)9-14/h3-4,12,14-15,17H,1-2,5-11,13H2. The van der Waals surface area contributed by atoms with Crippen molar-refractivity contribution in [3.8, 4) is 0 Å². The van der Waals surface area contributed by atoms with Crippen LogP contribution in [0.5, 0.6) is 0 Å². The molecule has 1 saturated heterocycles. The number of carbonyl (C=O) groups is 1. The highest BCUT2D eigenvalue weighted by Crippen LogP contribution is 2.49. The van der Waals surface area contributed by atoms with Crippen molar-refractivity contribution in [2.24, 2.45) is 17.8 Å². The summed E-state index contributed by atoms with van der Waals surface area (Å²) in [6.45, 7) is 4.01. The molecule has 0 radical (unpaired) electrons. The second kappa shape index (κ2) is 7.24. The van der Waals surface area contributed by atoms with E-state index in [1.54, 1.807) is 6.07 Å². The summed E-state index contributed by atoms with van der Waals surface area (Å²) >= 11 is 6.12. The largest absolute Gasteiger partial charge is 0.340 e. The number of nitrogens with zero attached hydrogens (tertiary/aromatic N) is 2. The third-order valence-electron chi connectivity index (χ3n) is 6.46. The molecule has 3 atom stereocenters. The molecule has 3 fully saturated rings. The summed E-state index contributed by atoms with van der Waals surface area (Å²) in [7, 11) is 0. The van der Waals surface area contributed by atoms with Gasteiger partial charge in [0, 0.05) is 44.2 Å². The normalized spacial score (nSPS) is 29.4. The zero-order chi connectivity index (χ0) is 17.4. The Kier molecular flexibility index (Phi) is 5.01. The first kappa shape index (κ1) is 17.3. The van der Waals surface area contributed by atoms with Crippen LogP contribution >= 0.6 is 11.6 Å². The van der Waals surface area contributed by atoms with Crippen molar-refractivity contribution < 1.29 is 9.18 Å². The number of fused-ring (bicyclic) bond motifs is 2. The topological polar surface area (TPSA) is 23.6 Å². The predicted molar refractivity (Wildman–Crippen MR) is 96.8 cm³/mol. The maximum absolute atomic E-state index is 13.1. The lowest BCUT2D eigenvalue weighted by Crippen LogP contribution is -2.48. The van der Waals surface area contributed by atoms with E-state index in [0.717, 1.165) is 50.0 Å². The van der Waals surface area contributed by atoms with Gasteiger partial charge in [0.25, 0.3) is 0 Å². The lowest BCUT2D eigenvalue weighted by molar-refractivity contribution is -0.134. The molecule has 2 aliphatic carbocycles. The van der Waals surface area contributed by atoms with Gasteiger partial charge in [-0.1, -0.05) is 24.1 Å². The van der Waals surface area contributed by atoms with E-state index in [1.807, 2.05) is 4.90 Å². The molecule has 2 saturated carbocycles. The van der Waals surface area contributed by atoms with Crippen LogP contribution in [0.25, 0.3) is 0 Å². The van der Waals surface area contributed by atoms with Crippen molar-refractivity contribution in [2.45, 2.75) is 38.6 Å². The van der Waals surface area contributed by atoms with Crippen LogP contribution in [0.3, 0.4) is 0 Å². The minimum absolute atomic E-state index is 0.301. The Morgan fingerprint density at radius 1 is 1.16 bits per heavy atom. The van der Waals surface area contributed by atoms with Gasteiger partial charge in [0.1, 0.15) is 5.82 Å². The van der Waals surface area contributed by atoms with E-state index in [2.05, 4.69) is 4.90 Å². The van der Waals surface area contributed by atoms with E-state index in [0.29, 0.717) is 23.4 Å². The molecule has 1 aromatic rings. The van der Waals surface area contributed by atoms with Gasteiger partial charge in [-0.05, 0) is 54.7 Å². The minimum Gasteiger partial charge on any atom is -0.340 e. The first-order valence-electron chi connectivity index (χ1n) is 9.52. The van der Waals surface area contributed by atoms with Gasteiger partial charge < -0.3 is 4.90 Å². The Balaban J connectivity index is 1.26. The van der Waals surface area contributed by atoms with Crippen LogP contribution in [-0.4, -0.2) is 41.9 Å². The van der Waals surface area contributed by atoms with Crippen molar-refractivity contribution in [1.29, 1.82) is 0 Å². The van der Waals surface area contributed by atoms with Gasteiger partial charge in [0.05, 0.1) is 0 Å². The van der Waals surface area contributed by atoms with Gasteiger partial charge >= 0.3 is 0 Å². The van der Waals surface area contributed by atoms with Gasteiger partial charge in [-0.25, -0.2) is 4.39 Å². The van der Waals surface area contributed by atoms with E-state index in [1.165, 1.54) is 37.8 Å². The maximum atomic E-state index is 13.1. The molecule has 3 aliphatic rings. The Bertz CT molecular complexity index is 645. The summed E-state index contributed by atoms with van der Waals surface area (Å²) in [5.41, 5.74) is 0.949. The number of benzene rings is 1. The van der Waals surface area contributed by atoms with Crippen molar-refractivity contribution in [2.75, 3.05) is 26.2 Å². The molecule has 0 aromatic heterocycles. The highest BCUT2D eigenvalue weighted by Gasteiger charge is 2.40. The molecule has 1 heterocycles. The zero-order valence-corrected chi connectivity index (χ0v) is 15.3. The summed E-state index contributed by atoms with van der Waals surface area (Å²) < 4.78 is 13.1. The smallest absolute Gasteiger partial charge is 0.222 e. The summed E-state index contributed by atoms with van der Waals surface area (Å²) in [5.74, 6) is 2.40. The summed E-state index contributed by atoms with van der Waals surface area (Å²) in [4.78, 5) is 17.0. The molecule has 5 heteroatoms. The molecule has 3 nitrogen and oxygen atoms in total. The van der Waals surface area contributed by atoms with E-state index in [9.17, 15) is 9.18 Å². The molecule has 4 rings (SSSR count). The fourth-order valence-electron chi connectivity index (χ4n) is 5.03. The fraction of sp³-hybridized carbons (Fsp3) is 0.650. The third-order valence-corrected chi connectivity index (χ3v) is 6.81. The first-order valence-corrected chi connectivity index (χ1v) is 9.90. The molecule has 3 unspecified atom stereocenters. The Hall–Kier alpha value is -1.13. The number of amides is 1. The first-order chi connectivity index (χ1) is 12.1. The Morgan fingerprint density at radius 3 is 2.60 bits per heavy atom. The van der Waals surface area contributed by atoms with Crippen LogP contribution in [-0.2, 0) is 11.3 Å². The van der Waals surface area contributed by atoms with E-state index in [-0.39, 0.29) is 5.82 Å². The molecule has 1 aromatic carbocycles. The molecule has 2 bridgehead atoms. The quantitative estimate of drug-likeness (QED) is 0.807. The van der Waals surface area contributed by atoms with Crippen LogP contribution in [0.15, 0.2) is 18.2 Å². The van der Waals surface area contributed by atoms with E-state index >= 15 is 0 Å². The zero-order valence-electron chi connectivity index (χ0n) is 14.6. The van der Waals surface area contributed by atoms with E-state index in [4.69, 9.17) is 11.6 Å². The van der Waals surface area contributed by atoms with Gasteiger partial charge in [0.15, 0.2) is 0 Å². The fourth-order valence-corrected chi connectivity index (χ4v) is 5.25. The van der Waals surface area contributed by atoms with Crippen LogP contribution in [0.4, 0.5) is 4.39 Å². The molecule has 1 aliphatic heterocycles. The number of piperazine rings is 1. The third kappa shape index (κ3) is 3.85. The van der Waals surface area contributed by atoms with Crippen LogP contribution in [0.1, 0.15) is 37.7 Å². The van der Waals surface area contributed by atoms with Crippen LogP contribution in [0, 0.1) is 23.6 Å². The minimum atomic E-state index is -0.301. The van der Waals surface area contributed by atoms with Crippen LogP contribution in [0.2, 0.25) is 5.02 Å². The molecule has 1 amide bonds. The number of halogens is 2. The Morgan fingerprint density at radius 2 is 1.96 bits per heavy atom. The average Bonchev–Trinajstić information content (AvgIpc) is 3.21.